The fourth-order valence-electron chi connectivity index (χ4n) is 4.16. The molecule has 1 amide bonds. The Hall–Kier alpha value is -5.44. The minimum Gasteiger partial charge on any atom is -0.497 e. The number of carbonyl (C=O) groups is 1. The van der Waals surface area contributed by atoms with Gasteiger partial charge in [-0.1, -0.05) is 24.3 Å². The molecule has 0 bridgehead atoms. The van der Waals surface area contributed by atoms with Crippen LogP contribution >= 0.6 is 0 Å². The summed E-state index contributed by atoms with van der Waals surface area (Å²) < 4.78 is 12.7. The van der Waals surface area contributed by atoms with Crippen LogP contribution in [0.15, 0.2) is 102 Å². The lowest BCUT2D eigenvalue weighted by molar-refractivity contribution is 0.0951. The van der Waals surface area contributed by atoms with Crippen molar-refractivity contribution < 1.29 is 14.3 Å². The molecule has 0 saturated carbocycles. The van der Waals surface area contributed by atoms with Crippen LogP contribution in [-0.4, -0.2) is 27.8 Å². The fourth-order valence-corrected chi connectivity index (χ4v) is 4.16. The van der Waals surface area contributed by atoms with E-state index in [0.717, 1.165) is 16.7 Å². The molecule has 3 aromatic carbocycles. The third-order valence-electron chi connectivity index (χ3n) is 6.60. The maximum absolute atomic E-state index is 13.8. The molecule has 0 spiro atoms. The number of ether oxygens (including phenoxy) is 2. The highest BCUT2D eigenvalue weighted by molar-refractivity contribution is 5.95. The molecule has 0 fully saturated rings. The molecule has 9 heteroatoms. The number of hydrogen-bond acceptors (Lipinski definition) is 7. The van der Waals surface area contributed by atoms with E-state index < -0.39 is 5.56 Å². The highest BCUT2D eigenvalue weighted by atomic mass is 16.5. The second-order valence-electron chi connectivity index (χ2n) is 9.35. The molecule has 9 nitrogen and oxygen atoms in total. The van der Waals surface area contributed by atoms with E-state index in [2.05, 4.69) is 20.7 Å². The van der Waals surface area contributed by atoms with E-state index in [1.807, 2.05) is 44.2 Å². The van der Waals surface area contributed by atoms with E-state index in [1.54, 1.807) is 68.0 Å². The van der Waals surface area contributed by atoms with Gasteiger partial charge >= 0.3 is 0 Å². The molecule has 2 aromatic heterocycles. The fraction of sp³-hybridized carbons (Fsp3) is 0.125. The van der Waals surface area contributed by atoms with Gasteiger partial charge in [-0.15, -0.1) is 0 Å². The normalized spacial score (nSPS) is 10.6. The first-order valence-electron chi connectivity index (χ1n) is 13.0. The van der Waals surface area contributed by atoms with Crippen LogP contribution < -0.4 is 25.7 Å². The summed E-state index contributed by atoms with van der Waals surface area (Å²) >= 11 is 0. The highest BCUT2D eigenvalue weighted by Crippen LogP contribution is 2.32. The van der Waals surface area contributed by atoms with Crippen molar-refractivity contribution >= 4 is 17.3 Å². The number of pyridine rings is 1. The molecule has 5 aromatic rings. The van der Waals surface area contributed by atoms with Crippen LogP contribution in [0.1, 0.15) is 27.0 Å². The quantitative estimate of drug-likeness (QED) is 0.243. The van der Waals surface area contributed by atoms with Crippen molar-refractivity contribution in [2.24, 2.45) is 0 Å². The standard InChI is InChI=1S/C32H29N5O4/c1-21-7-4-11-28(22(21)2)41-29-20-35-37(26-12-14-27(40-3)15-13-26)32(39)30(29)36-25-10-5-9-24(17-25)31(38)34-19-23-8-6-16-33-18-23/h4-18,20,36H,19H2,1-3H3,(H,34,38). The molecule has 0 atom stereocenters. The van der Waals surface area contributed by atoms with Crippen LogP contribution in [0.25, 0.3) is 5.69 Å². The zero-order valence-corrected chi connectivity index (χ0v) is 22.9. The van der Waals surface area contributed by atoms with E-state index in [-0.39, 0.29) is 17.3 Å². The van der Waals surface area contributed by atoms with Crippen LogP contribution in [-0.2, 0) is 6.54 Å². The van der Waals surface area contributed by atoms with Crippen LogP contribution in [0.4, 0.5) is 11.4 Å². The largest absolute Gasteiger partial charge is 0.497 e. The van der Waals surface area contributed by atoms with Crippen molar-refractivity contribution in [2.75, 3.05) is 12.4 Å². The molecule has 41 heavy (non-hydrogen) atoms. The molecule has 0 aliphatic carbocycles. The Labute approximate surface area is 237 Å². The van der Waals surface area contributed by atoms with Gasteiger partial charge in [-0.2, -0.15) is 9.78 Å². The number of aryl methyl sites for hydroxylation is 1. The minimum atomic E-state index is -0.426. The van der Waals surface area contributed by atoms with E-state index in [1.165, 1.54) is 10.9 Å². The zero-order valence-electron chi connectivity index (χ0n) is 22.9. The number of methoxy groups -OCH3 is 1. The number of benzene rings is 3. The predicted molar refractivity (Wildman–Crippen MR) is 158 cm³/mol. The molecule has 2 heterocycles. The average Bonchev–Trinajstić information content (AvgIpc) is 3.01. The van der Waals surface area contributed by atoms with Crippen molar-refractivity contribution in [1.82, 2.24) is 20.1 Å². The van der Waals surface area contributed by atoms with Gasteiger partial charge in [0, 0.05) is 30.2 Å². The predicted octanol–water partition coefficient (Wildman–Crippen LogP) is 5.72. The summed E-state index contributed by atoms with van der Waals surface area (Å²) in [5.41, 5.74) is 4.16. The van der Waals surface area contributed by atoms with E-state index >= 15 is 0 Å². The number of nitrogens with zero attached hydrogens (tertiary/aromatic N) is 3. The van der Waals surface area contributed by atoms with E-state index in [0.29, 0.717) is 35.0 Å². The maximum atomic E-state index is 13.8. The Kier molecular flexibility index (Phi) is 8.05. The Morgan fingerprint density at radius 1 is 0.927 bits per heavy atom. The van der Waals surface area contributed by atoms with Gasteiger partial charge in [-0.3, -0.25) is 14.6 Å². The SMILES string of the molecule is COc1ccc(-n2ncc(Oc3cccc(C)c3C)c(Nc3cccc(C(=O)NCc4cccnc4)c3)c2=O)cc1. The van der Waals surface area contributed by atoms with Gasteiger partial charge in [0.2, 0.25) is 0 Å². The van der Waals surface area contributed by atoms with Gasteiger partial charge < -0.3 is 20.1 Å². The first kappa shape index (κ1) is 27.1. The number of aromatic nitrogens is 3. The van der Waals surface area contributed by atoms with Crippen LogP contribution in [0.2, 0.25) is 0 Å². The molecule has 0 aliphatic rings. The molecule has 0 saturated heterocycles. The number of carbonyl (C=O) groups excluding carboxylic acids is 1. The summed E-state index contributed by atoms with van der Waals surface area (Å²) in [6.45, 7) is 4.29. The monoisotopic (exact) mass is 547 g/mol. The minimum absolute atomic E-state index is 0.171. The van der Waals surface area contributed by atoms with Crippen molar-refractivity contribution in [2.45, 2.75) is 20.4 Å². The molecular weight excluding hydrogens is 518 g/mol. The summed E-state index contributed by atoms with van der Waals surface area (Å²) in [7, 11) is 1.58. The van der Waals surface area contributed by atoms with Crippen molar-refractivity contribution in [3.05, 3.63) is 130 Å². The smallest absolute Gasteiger partial charge is 0.299 e. The lowest BCUT2D eigenvalue weighted by Crippen LogP contribution is -2.24. The molecule has 0 aliphatic heterocycles. The molecule has 2 N–H and O–H groups in total. The average molecular weight is 548 g/mol. The Morgan fingerprint density at radius 3 is 2.49 bits per heavy atom. The number of amides is 1. The van der Waals surface area contributed by atoms with Gasteiger partial charge in [0.1, 0.15) is 11.5 Å². The summed E-state index contributed by atoms with van der Waals surface area (Å²) in [5, 5.41) is 10.5. The molecule has 0 radical (unpaired) electrons. The van der Waals surface area contributed by atoms with Gasteiger partial charge in [-0.25, -0.2) is 0 Å². The third-order valence-corrected chi connectivity index (χ3v) is 6.60. The lowest BCUT2D eigenvalue weighted by atomic mass is 10.1. The first-order valence-corrected chi connectivity index (χ1v) is 13.0. The summed E-state index contributed by atoms with van der Waals surface area (Å²) in [6.07, 6.45) is 4.88. The zero-order chi connectivity index (χ0) is 28.8. The first-order chi connectivity index (χ1) is 19.9. The van der Waals surface area contributed by atoms with Gasteiger partial charge in [-0.05, 0) is 85.1 Å². The number of anilines is 2. The number of hydrogen-bond donors (Lipinski definition) is 2. The summed E-state index contributed by atoms with van der Waals surface area (Å²) in [6, 6.07) is 23.3. The molecule has 0 unspecified atom stereocenters. The Morgan fingerprint density at radius 2 is 1.73 bits per heavy atom. The van der Waals surface area contributed by atoms with Crippen molar-refractivity contribution in [1.29, 1.82) is 0 Å². The van der Waals surface area contributed by atoms with Crippen molar-refractivity contribution in [3.63, 3.8) is 0 Å². The van der Waals surface area contributed by atoms with Crippen LogP contribution in [0, 0.1) is 13.8 Å². The second kappa shape index (κ2) is 12.2. The number of nitrogens with one attached hydrogen (secondary N) is 2. The highest BCUT2D eigenvalue weighted by Gasteiger charge is 2.17. The van der Waals surface area contributed by atoms with Gasteiger partial charge in [0.15, 0.2) is 11.4 Å². The van der Waals surface area contributed by atoms with E-state index in [4.69, 9.17) is 9.47 Å². The molecular formula is C32H29N5O4. The van der Waals surface area contributed by atoms with Crippen LogP contribution in [0.3, 0.4) is 0 Å². The topological polar surface area (TPSA) is 107 Å². The van der Waals surface area contributed by atoms with E-state index in [9.17, 15) is 9.59 Å². The lowest BCUT2D eigenvalue weighted by Gasteiger charge is -2.16. The van der Waals surface area contributed by atoms with Gasteiger partial charge in [0.25, 0.3) is 11.5 Å². The second-order valence-corrected chi connectivity index (χ2v) is 9.35. The summed E-state index contributed by atoms with van der Waals surface area (Å²) in [4.78, 5) is 30.8. The molecule has 5 rings (SSSR count). The third kappa shape index (κ3) is 6.25. The Balaban J connectivity index is 1.48. The molecule has 206 valence electrons. The van der Waals surface area contributed by atoms with Gasteiger partial charge in [0.05, 0.1) is 19.0 Å². The van der Waals surface area contributed by atoms with Crippen molar-refractivity contribution in [3.8, 4) is 22.9 Å². The van der Waals surface area contributed by atoms with Crippen LogP contribution in [0.5, 0.6) is 17.2 Å². The number of rotatable bonds is 9. The summed E-state index contributed by atoms with van der Waals surface area (Å²) in [5.74, 6) is 1.27. The Bertz CT molecular complexity index is 1730. The maximum Gasteiger partial charge on any atom is 0.299 e.